The number of hydrogen-bond acceptors (Lipinski definition) is 8. The monoisotopic (exact) mass is 744 g/mol. The van der Waals surface area contributed by atoms with Gasteiger partial charge in [-0.15, -0.1) is 0 Å². The van der Waals surface area contributed by atoms with E-state index in [1.54, 1.807) is 44.2 Å². The van der Waals surface area contributed by atoms with Gasteiger partial charge in [0.15, 0.2) is 16.3 Å². The number of thiazole rings is 1. The van der Waals surface area contributed by atoms with Crippen molar-refractivity contribution in [3.8, 4) is 17.2 Å². The minimum Gasteiger partial charge on any atom is -0.493 e. The van der Waals surface area contributed by atoms with Crippen LogP contribution in [0.1, 0.15) is 50.4 Å². The molecule has 0 saturated carbocycles. The molecule has 0 fully saturated rings. The Morgan fingerprint density at radius 1 is 1.13 bits per heavy atom. The number of methoxy groups -OCH3 is 1. The summed E-state index contributed by atoms with van der Waals surface area (Å²) in [5, 5.41) is 1.03. The number of para-hydroxylation sites is 1. The molecular formula is C34H31BrCl2N2O6S. The Hall–Kier alpha value is -3.57. The topological polar surface area (TPSA) is 88.4 Å². The van der Waals surface area contributed by atoms with Gasteiger partial charge in [0, 0.05) is 21.2 Å². The van der Waals surface area contributed by atoms with Gasteiger partial charge in [0.05, 0.1) is 40.1 Å². The molecule has 46 heavy (non-hydrogen) atoms. The molecule has 1 aliphatic rings. The minimum atomic E-state index is -0.802. The van der Waals surface area contributed by atoms with Crippen molar-refractivity contribution in [2.75, 3.05) is 13.7 Å². The zero-order valence-corrected chi connectivity index (χ0v) is 29.6. The van der Waals surface area contributed by atoms with E-state index < -0.39 is 12.0 Å². The second-order valence-corrected chi connectivity index (χ2v) is 13.3. The normalized spacial score (nSPS) is 14.6. The summed E-state index contributed by atoms with van der Waals surface area (Å²) in [4.78, 5) is 32.6. The van der Waals surface area contributed by atoms with Crippen molar-refractivity contribution in [2.24, 2.45) is 4.99 Å². The molecule has 0 aliphatic carbocycles. The molecule has 1 atom stereocenters. The van der Waals surface area contributed by atoms with E-state index in [-0.39, 0.29) is 30.5 Å². The molecule has 0 saturated heterocycles. The first-order valence-electron chi connectivity index (χ1n) is 14.4. The lowest BCUT2D eigenvalue weighted by molar-refractivity contribution is -0.139. The quantitative estimate of drug-likeness (QED) is 0.159. The van der Waals surface area contributed by atoms with E-state index in [9.17, 15) is 9.59 Å². The largest absolute Gasteiger partial charge is 0.493 e. The van der Waals surface area contributed by atoms with Crippen molar-refractivity contribution in [1.29, 1.82) is 0 Å². The zero-order chi connectivity index (χ0) is 33.1. The lowest BCUT2D eigenvalue weighted by Crippen LogP contribution is -2.40. The van der Waals surface area contributed by atoms with Gasteiger partial charge in [-0.2, -0.15) is 0 Å². The number of benzene rings is 3. The molecule has 0 amide bonds. The second-order valence-electron chi connectivity index (χ2n) is 10.6. The summed E-state index contributed by atoms with van der Waals surface area (Å²) in [6.07, 6.45) is 1.63. The molecule has 0 radical (unpaired) electrons. The molecule has 1 aliphatic heterocycles. The second kappa shape index (κ2) is 14.5. The number of halogens is 3. The third kappa shape index (κ3) is 7.05. The van der Waals surface area contributed by atoms with E-state index in [2.05, 4.69) is 20.9 Å². The maximum absolute atomic E-state index is 14.2. The Labute approximate surface area is 288 Å². The standard InChI is InChI=1S/C34H31BrCl2N2O6S/c1-6-43-33(41)29-19(4)38-34-39(30(29)23-9-7-8-10-26(23)45-18(2)3)32(40)28(46-34)15-20-13-24(35)31(27(14-20)42-5)44-17-21-11-12-22(36)16-25(21)37/h7-16,18,30H,6,17H2,1-5H3/b28-15+/t30-/m1/s1. The predicted octanol–water partition coefficient (Wildman–Crippen LogP) is 7.24. The van der Waals surface area contributed by atoms with Crippen molar-refractivity contribution >= 4 is 62.5 Å². The first kappa shape index (κ1) is 33.8. The summed E-state index contributed by atoms with van der Waals surface area (Å²) < 4.78 is 25.9. The summed E-state index contributed by atoms with van der Waals surface area (Å²) in [5.41, 5.74) is 2.56. The van der Waals surface area contributed by atoms with E-state index in [1.165, 1.54) is 23.0 Å². The van der Waals surface area contributed by atoms with Gasteiger partial charge in [-0.25, -0.2) is 9.79 Å². The molecule has 12 heteroatoms. The van der Waals surface area contributed by atoms with Crippen LogP contribution < -0.4 is 29.1 Å². The summed E-state index contributed by atoms with van der Waals surface area (Å²) in [5.74, 6) is 0.962. The van der Waals surface area contributed by atoms with Crippen molar-refractivity contribution in [1.82, 2.24) is 4.57 Å². The highest BCUT2D eigenvalue weighted by molar-refractivity contribution is 9.10. The van der Waals surface area contributed by atoms with E-state index in [0.29, 0.717) is 57.9 Å². The fourth-order valence-corrected chi connectivity index (χ4v) is 7.14. The van der Waals surface area contributed by atoms with Gasteiger partial charge in [-0.1, -0.05) is 58.8 Å². The summed E-state index contributed by atoms with van der Waals surface area (Å²) >= 11 is 17.2. The SMILES string of the molecule is CCOC(=O)C1=C(C)N=c2s/c(=C/c3cc(Br)c(OCc4ccc(Cl)cc4Cl)c(OC)c3)c(=O)n2[C@@H]1c1ccccc1OC(C)C. The molecule has 8 nitrogen and oxygen atoms in total. The third-order valence-electron chi connectivity index (χ3n) is 7.03. The molecular weight excluding hydrogens is 715 g/mol. The molecule has 5 rings (SSSR count). The first-order valence-corrected chi connectivity index (χ1v) is 16.8. The number of nitrogens with zero attached hydrogens (tertiary/aromatic N) is 2. The fraction of sp³-hybridized carbons (Fsp3) is 0.265. The number of carbonyl (C=O) groups excluding carboxylic acids is 1. The van der Waals surface area contributed by atoms with Gasteiger partial charge in [-0.3, -0.25) is 9.36 Å². The van der Waals surface area contributed by atoms with Crippen LogP contribution in [-0.4, -0.2) is 30.4 Å². The van der Waals surface area contributed by atoms with Gasteiger partial charge in [-0.05, 0) is 85.6 Å². The predicted molar refractivity (Wildman–Crippen MR) is 184 cm³/mol. The van der Waals surface area contributed by atoms with Crippen LogP contribution in [0, 0.1) is 0 Å². The molecule has 0 spiro atoms. The number of rotatable bonds is 10. The highest BCUT2D eigenvalue weighted by Gasteiger charge is 2.35. The van der Waals surface area contributed by atoms with Crippen molar-refractivity contribution in [3.63, 3.8) is 0 Å². The van der Waals surface area contributed by atoms with E-state index >= 15 is 0 Å². The number of aromatic nitrogens is 1. The molecule has 2 heterocycles. The lowest BCUT2D eigenvalue weighted by Gasteiger charge is -2.26. The Kier molecular flexibility index (Phi) is 10.6. The van der Waals surface area contributed by atoms with Crippen LogP contribution in [0.3, 0.4) is 0 Å². The van der Waals surface area contributed by atoms with Gasteiger partial charge in [0.25, 0.3) is 5.56 Å². The molecule has 3 aromatic carbocycles. The number of esters is 1. The highest BCUT2D eigenvalue weighted by atomic mass is 79.9. The van der Waals surface area contributed by atoms with Gasteiger partial charge in [0.1, 0.15) is 18.4 Å². The molecule has 0 bridgehead atoms. The van der Waals surface area contributed by atoms with Crippen LogP contribution in [0.25, 0.3) is 6.08 Å². The van der Waals surface area contributed by atoms with Crippen LogP contribution in [0.15, 0.2) is 80.1 Å². The highest BCUT2D eigenvalue weighted by Crippen LogP contribution is 2.39. The molecule has 4 aromatic rings. The Balaban J connectivity index is 1.60. The maximum atomic E-state index is 14.2. The minimum absolute atomic E-state index is 0.128. The Morgan fingerprint density at radius 3 is 2.59 bits per heavy atom. The average molecular weight is 747 g/mol. The first-order chi connectivity index (χ1) is 22.0. The molecule has 0 unspecified atom stereocenters. The van der Waals surface area contributed by atoms with Gasteiger partial charge >= 0.3 is 5.97 Å². The van der Waals surface area contributed by atoms with Crippen LogP contribution >= 0.6 is 50.5 Å². The number of carbonyl (C=O) groups is 1. The van der Waals surface area contributed by atoms with Crippen LogP contribution in [0.4, 0.5) is 0 Å². The summed E-state index contributed by atoms with van der Waals surface area (Å²) in [6.45, 7) is 7.70. The number of allylic oxidation sites excluding steroid dienone is 1. The van der Waals surface area contributed by atoms with E-state index in [0.717, 1.165) is 5.56 Å². The molecule has 240 valence electrons. The van der Waals surface area contributed by atoms with E-state index in [4.69, 9.17) is 42.1 Å². The van der Waals surface area contributed by atoms with Crippen molar-refractivity contribution in [2.45, 2.75) is 46.4 Å². The van der Waals surface area contributed by atoms with Crippen LogP contribution in [0.5, 0.6) is 17.2 Å². The number of ether oxygens (including phenoxy) is 4. The Bertz CT molecular complexity index is 2020. The maximum Gasteiger partial charge on any atom is 0.338 e. The van der Waals surface area contributed by atoms with Crippen molar-refractivity contribution in [3.05, 3.63) is 117 Å². The molecule has 1 aromatic heterocycles. The van der Waals surface area contributed by atoms with E-state index in [1.807, 2.05) is 44.2 Å². The number of fused-ring (bicyclic) bond motifs is 1. The zero-order valence-electron chi connectivity index (χ0n) is 25.7. The summed E-state index contributed by atoms with van der Waals surface area (Å²) in [6, 6.07) is 15.4. The molecule has 0 N–H and O–H groups in total. The van der Waals surface area contributed by atoms with Crippen LogP contribution in [-0.2, 0) is 16.1 Å². The average Bonchev–Trinajstić information content (AvgIpc) is 3.30. The number of hydrogen-bond donors (Lipinski definition) is 0. The smallest absolute Gasteiger partial charge is 0.338 e. The van der Waals surface area contributed by atoms with Crippen molar-refractivity contribution < 1.29 is 23.7 Å². The van der Waals surface area contributed by atoms with Gasteiger partial charge in [0.2, 0.25) is 0 Å². The Morgan fingerprint density at radius 2 is 1.89 bits per heavy atom. The third-order valence-corrected chi connectivity index (χ3v) is 9.19. The summed E-state index contributed by atoms with van der Waals surface area (Å²) in [7, 11) is 1.54. The van der Waals surface area contributed by atoms with Gasteiger partial charge < -0.3 is 18.9 Å². The lowest BCUT2D eigenvalue weighted by atomic mass is 9.95. The fourth-order valence-electron chi connectivity index (χ4n) is 5.06. The van der Waals surface area contributed by atoms with Crippen LogP contribution in [0.2, 0.25) is 10.0 Å².